The summed E-state index contributed by atoms with van der Waals surface area (Å²) in [5.41, 5.74) is 0. The minimum atomic E-state index is -0.322. The molecule has 0 saturated carbocycles. The number of hydrogen-bond acceptors (Lipinski definition) is 1. The van der Waals surface area contributed by atoms with Crippen molar-refractivity contribution in [1.82, 2.24) is 0 Å². The molecule has 0 amide bonds. The van der Waals surface area contributed by atoms with E-state index in [9.17, 15) is 0 Å². The molecule has 6 heavy (non-hydrogen) atoms. The van der Waals surface area contributed by atoms with Crippen molar-refractivity contribution in [2.24, 2.45) is 5.92 Å². The maximum Gasteiger partial charge on any atom is 0.0535 e. The van der Waals surface area contributed by atoms with E-state index < -0.39 is 0 Å². The van der Waals surface area contributed by atoms with Gasteiger partial charge in [-0.05, 0) is 12.8 Å². The van der Waals surface area contributed by atoms with Crippen molar-refractivity contribution in [2.75, 3.05) is 0 Å². The predicted molar refractivity (Wildman–Crippen MR) is 26.5 cm³/mol. The van der Waals surface area contributed by atoms with Gasteiger partial charge in [-0.2, -0.15) is 0 Å². The van der Waals surface area contributed by atoms with Crippen molar-refractivity contribution in [3.05, 3.63) is 0 Å². The summed E-state index contributed by atoms with van der Waals surface area (Å²) in [7, 11) is 0. The molecule has 38 valence electrons. The van der Waals surface area contributed by atoms with Crippen LogP contribution in [0.5, 0.6) is 0 Å². The zero-order valence-electron chi connectivity index (χ0n) is 5.31. The summed E-state index contributed by atoms with van der Waals surface area (Å²) in [6.07, 6.45) is -0.322. The quantitative estimate of drug-likeness (QED) is 0.508. The summed E-state index contributed by atoms with van der Waals surface area (Å²) in [6, 6.07) is 0. The van der Waals surface area contributed by atoms with E-state index in [-0.39, 0.29) is 12.0 Å². The second-order valence-corrected chi connectivity index (χ2v) is 1.72. The summed E-state index contributed by atoms with van der Waals surface area (Å²) < 4.78 is 6.78. The lowest BCUT2D eigenvalue weighted by molar-refractivity contribution is 0.144. The van der Waals surface area contributed by atoms with E-state index in [0.717, 1.165) is 0 Å². The lowest BCUT2D eigenvalue weighted by Crippen LogP contribution is -2.07. The number of hydrogen-bond donors (Lipinski definition) is 1. The van der Waals surface area contributed by atoms with Gasteiger partial charge in [-0.25, -0.2) is 0 Å². The van der Waals surface area contributed by atoms with E-state index >= 15 is 0 Å². The third kappa shape index (κ3) is 2.21. The van der Waals surface area contributed by atoms with Gasteiger partial charge in [0.05, 0.1) is 6.10 Å². The highest BCUT2D eigenvalue weighted by Crippen LogP contribution is 1.96. The molecule has 0 saturated heterocycles. The van der Waals surface area contributed by atoms with Crippen LogP contribution in [0.25, 0.3) is 0 Å². The molecule has 0 aliphatic heterocycles. The highest BCUT2D eigenvalue weighted by molar-refractivity contribution is 4.48. The molecule has 0 aromatic heterocycles. The molecule has 0 aliphatic carbocycles. The largest absolute Gasteiger partial charge is 0.393 e. The maximum absolute atomic E-state index is 8.70. The van der Waals surface area contributed by atoms with Gasteiger partial charge in [0.15, 0.2) is 0 Å². The normalized spacial score (nSPS) is 22.2. The van der Waals surface area contributed by atoms with Crippen LogP contribution >= 0.6 is 0 Å². The van der Waals surface area contributed by atoms with Crippen LogP contribution in [-0.2, 0) is 0 Å². The molecule has 0 aliphatic rings. The molecule has 1 nitrogen and oxygen atoms in total. The Morgan fingerprint density at radius 3 is 2.17 bits per heavy atom. The Morgan fingerprint density at radius 1 is 1.67 bits per heavy atom. The molecule has 0 aromatic rings. The molecule has 0 bridgehead atoms. The molecule has 0 spiro atoms. The van der Waals surface area contributed by atoms with Crippen molar-refractivity contribution < 1.29 is 6.48 Å². The van der Waals surface area contributed by atoms with E-state index in [1.807, 2.05) is 6.92 Å². The van der Waals surface area contributed by atoms with Crippen molar-refractivity contribution >= 4 is 0 Å². The van der Waals surface area contributed by atoms with Gasteiger partial charge in [-0.3, -0.25) is 0 Å². The molecule has 0 aromatic carbocycles. The molecular formula is C5H12O. The van der Waals surface area contributed by atoms with Gasteiger partial charge >= 0.3 is 0 Å². The van der Waals surface area contributed by atoms with E-state index in [1.54, 1.807) is 6.92 Å². The van der Waals surface area contributed by atoms with Gasteiger partial charge in [-0.15, -0.1) is 0 Å². The van der Waals surface area contributed by atoms with Crippen LogP contribution in [0, 0.1) is 5.92 Å². The highest BCUT2D eigenvalue weighted by Gasteiger charge is 1.97. The number of aliphatic hydroxyl groups excluding tert-OH is 1. The first-order valence-corrected chi connectivity index (χ1v) is 2.15. The highest BCUT2D eigenvalue weighted by atomic mass is 16.3. The second-order valence-electron chi connectivity index (χ2n) is 1.72. The minimum absolute atomic E-state index is 0.125. The third-order valence-corrected chi connectivity index (χ3v) is 0.824. The van der Waals surface area contributed by atoms with Crippen LogP contribution in [0.3, 0.4) is 0 Å². The Kier molecular flexibility index (Phi) is 1.51. The van der Waals surface area contributed by atoms with Crippen molar-refractivity contribution in [1.29, 1.82) is 0 Å². The Balaban J connectivity index is 3.14. The van der Waals surface area contributed by atoms with Crippen LogP contribution < -0.4 is 0 Å². The van der Waals surface area contributed by atoms with Crippen LogP contribution in [-0.4, -0.2) is 11.2 Å². The monoisotopic (exact) mass is 89.1 g/mol. The number of rotatable bonds is 1. The second kappa shape index (κ2) is 2.19. The lowest BCUT2D eigenvalue weighted by Gasteiger charge is -2.04. The topological polar surface area (TPSA) is 20.2 Å². The number of aliphatic hydroxyl groups is 1. The third-order valence-electron chi connectivity index (χ3n) is 0.824. The first-order valence-electron chi connectivity index (χ1n) is 2.86. The summed E-state index contributed by atoms with van der Waals surface area (Å²) in [4.78, 5) is 0. The summed E-state index contributed by atoms with van der Waals surface area (Å²) in [6.45, 7) is 3.88. The van der Waals surface area contributed by atoms with Gasteiger partial charge in [0.2, 0.25) is 0 Å². The van der Waals surface area contributed by atoms with Gasteiger partial charge in [0.25, 0.3) is 0 Å². The summed E-state index contributed by atoms with van der Waals surface area (Å²) >= 11 is 0. The zero-order valence-corrected chi connectivity index (χ0v) is 4.31. The lowest BCUT2D eigenvalue weighted by atomic mass is 10.1. The average molecular weight is 89.2 g/mol. The van der Waals surface area contributed by atoms with Crippen LogP contribution in [0.4, 0.5) is 0 Å². The van der Waals surface area contributed by atoms with Gasteiger partial charge in [0.1, 0.15) is 0 Å². The molecule has 0 rings (SSSR count). The molecule has 1 N–H and O–H groups in total. The Bertz CT molecular complexity index is 45.3. The van der Waals surface area contributed by atoms with E-state index in [2.05, 4.69) is 0 Å². The first kappa shape index (κ1) is 4.13. The molecular weight excluding hydrogens is 76.1 g/mol. The molecule has 0 fully saturated rings. The van der Waals surface area contributed by atoms with E-state index in [4.69, 9.17) is 6.48 Å². The van der Waals surface area contributed by atoms with E-state index in [0.29, 0.717) is 6.90 Å². The molecule has 1 heteroatoms. The minimum Gasteiger partial charge on any atom is -0.393 e. The molecule has 0 heterocycles. The van der Waals surface area contributed by atoms with Gasteiger partial charge in [-0.1, -0.05) is 13.8 Å². The standard InChI is InChI=1S/C5H12O/c1-4(2)5(3)6/h4-6H,1-3H3/i1D. The smallest absolute Gasteiger partial charge is 0.0535 e. The Labute approximate surface area is 40.4 Å². The predicted octanol–water partition coefficient (Wildman–Crippen LogP) is 1.02. The molecule has 2 atom stereocenters. The summed E-state index contributed by atoms with van der Waals surface area (Å²) in [5, 5.41) is 8.70. The van der Waals surface area contributed by atoms with Gasteiger partial charge in [0, 0.05) is 1.37 Å². The average Bonchev–Trinajstić information content (AvgIpc) is 1.65. The fraction of sp³-hybridized carbons (Fsp3) is 1.00. The first-order chi connectivity index (χ1) is 3.18. The fourth-order valence-corrected chi connectivity index (χ4v) is 0. The van der Waals surface area contributed by atoms with E-state index in [1.165, 1.54) is 0 Å². The Morgan fingerprint density at radius 2 is 2.17 bits per heavy atom. The molecule has 0 radical (unpaired) electrons. The Hall–Kier alpha value is -0.0400. The van der Waals surface area contributed by atoms with Crippen molar-refractivity contribution in [2.45, 2.75) is 26.9 Å². The molecule has 2 unspecified atom stereocenters. The van der Waals surface area contributed by atoms with Crippen LogP contribution in [0.1, 0.15) is 22.1 Å². The van der Waals surface area contributed by atoms with Crippen molar-refractivity contribution in [3.63, 3.8) is 0 Å². The zero-order chi connectivity index (χ0) is 5.86. The fourth-order valence-electron chi connectivity index (χ4n) is 0. The van der Waals surface area contributed by atoms with Crippen LogP contribution in [0.2, 0.25) is 0 Å². The van der Waals surface area contributed by atoms with Crippen molar-refractivity contribution in [3.8, 4) is 0 Å². The van der Waals surface area contributed by atoms with Gasteiger partial charge < -0.3 is 5.11 Å². The SMILES string of the molecule is [2H]CC(C)C(C)O. The maximum atomic E-state index is 8.70. The van der Waals surface area contributed by atoms with Crippen LogP contribution in [0.15, 0.2) is 0 Å². The summed E-state index contributed by atoms with van der Waals surface area (Å²) in [5.74, 6) is 0.125.